The Hall–Kier alpha value is -2.17. The van der Waals surface area contributed by atoms with E-state index in [2.05, 4.69) is 55.5 Å². The molecule has 3 aromatic carbocycles. The van der Waals surface area contributed by atoms with E-state index in [1.807, 2.05) is 59.9 Å². The Labute approximate surface area is 182 Å². The Morgan fingerprint density at radius 2 is 1.38 bits per heavy atom. The maximum atomic E-state index is 12.4. The molecule has 2 nitrogen and oxygen atoms in total. The van der Waals surface area contributed by atoms with Crippen LogP contribution in [0.4, 0.5) is 0 Å². The van der Waals surface area contributed by atoms with Crippen LogP contribution in [0.5, 0.6) is 0 Å². The molecule has 0 saturated carbocycles. The predicted molar refractivity (Wildman–Crippen MR) is 124 cm³/mol. The standard InChI is InChI=1S/C25H26O2S2/c1-2-9-20-14-16-21(17-15-20)25(26)27-19-18-24(28-22-10-5-3-6-11-22)29-23-12-7-4-8-13-23/h3-8,10-17,24H,2,9,18-19H2,1H3. The van der Waals surface area contributed by atoms with Crippen molar-refractivity contribution in [2.24, 2.45) is 0 Å². The molecule has 29 heavy (non-hydrogen) atoms. The van der Waals surface area contributed by atoms with Crippen LogP contribution < -0.4 is 0 Å². The summed E-state index contributed by atoms with van der Waals surface area (Å²) < 4.78 is 5.83. The van der Waals surface area contributed by atoms with Crippen LogP contribution in [-0.2, 0) is 11.2 Å². The van der Waals surface area contributed by atoms with Gasteiger partial charge in [-0.3, -0.25) is 0 Å². The second-order valence-corrected chi connectivity index (χ2v) is 9.51. The monoisotopic (exact) mass is 422 g/mol. The molecule has 0 N–H and O–H groups in total. The zero-order valence-electron chi connectivity index (χ0n) is 16.6. The molecule has 150 valence electrons. The highest BCUT2D eigenvalue weighted by Gasteiger charge is 2.14. The third-order valence-electron chi connectivity index (χ3n) is 4.34. The number of carbonyl (C=O) groups is 1. The van der Waals surface area contributed by atoms with Gasteiger partial charge in [-0.1, -0.05) is 61.9 Å². The Bertz CT molecular complexity index is 823. The maximum absolute atomic E-state index is 12.4. The highest BCUT2D eigenvalue weighted by molar-refractivity contribution is 8.17. The molecule has 0 amide bonds. The lowest BCUT2D eigenvalue weighted by molar-refractivity contribution is 0.0504. The minimum Gasteiger partial charge on any atom is -0.462 e. The zero-order valence-corrected chi connectivity index (χ0v) is 18.3. The van der Waals surface area contributed by atoms with E-state index in [0.717, 1.165) is 19.3 Å². The molecule has 4 heteroatoms. The topological polar surface area (TPSA) is 26.3 Å². The molecule has 0 bridgehead atoms. The molecule has 0 spiro atoms. The molecule has 0 fully saturated rings. The van der Waals surface area contributed by atoms with Gasteiger partial charge in [-0.05, 0) is 48.4 Å². The Morgan fingerprint density at radius 3 is 1.90 bits per heavy atom. The van der Waals surface area contributed by atoms with Crippen molar-refractivity contribution in [2.75, 3.05) is 6.61 Å². The van der Waals surface area contributed by atoms with E-state index in [-0.39, 0.29) is 10.6 Å². The van der Waals surface area contributed by atoms with Crippen molar-refractivity contribution in [1.29, 1.82) is 0 Å². The van der Waals surface area contributed by atoms with Crippen molar-refractivity contribution in [3.63, 3.8) is 0 Å². The van der Waals surface area contributed by atoms with E-state index in [4.69, 9.17) is 4.74 Å². The number of aryl methyl sites for hydroxylation is 1. The number of benzene rings is 3. The number of carbonyl (C=O) groups excluding carboxylic acids is 1. The van der Waals surface area contributed by atoms with Gasteiger partial charge in [-0.2, -0.15) is 0 Å². The fourth-order valence-electron chi connectivity index (χ4n) is 2.87. The lowest BCUT2D eigenvalue weighted by atomic mass is 10.1. The average Bonchev–Trinajstić information content (AvgIpc) is 2.76. The molecule has 0 aliphatic carbocycles. The quantitative estimate of drug-likeness (QED) is 0.198. The van der Waals surface area contributed by atoms with Gasteiger partial charge >= 0.3 is 5.97 Å². The molecule has 0 atom stereocenters. The first-order valence-electron chi connectivity index (χ1n) is 9.94. The van der Waals surface area contributed by atoms with Gasteiger partial charge in [0, 0.05) is 16.2 Å². The number of hydrogen-bond donors (Lipinski definition) is 0. The fourth-order valence-corrected chi connectivity index (χ4v) is 5.39. The zero-order chi connectivity index (χ0) is 20.3. The second-order valence-electron chi connectivity index (χ2n) is 6.66. The maximum Gasteiger partial charge on any atom is 0.338 e. The molecule has 3 rings (SSSR count). The normalized spacial score (nSPS) is 10.8. The van der Waals surface area contributed by atoms with Crippen molar-refractivity contribution in [2.45, 2.75) is 40.6 Å². The van der Waals surface area contributed by atoms with Crippen LogP contribution in [0.15, 0.2) is 94.7 Å². The van der Waals surface area contributed by atoms with Gasteiger partial charge in [0.1, 0.15) is 0 Å². The SMILES string of the molecule is CCCc1ccc(C(=O)OCCC(Sc2ccccc2)Sc2ccccc2)cc1. The van der Waals surface area contributed by atoms with E-state index >= 15 is 0 Å². The van der Waals surface area contributed by atoms with E-state index in [9.17, 15) is 4.79 Å². The summed E-state index contributed by atoms with van der Waals surface area (Å²) in [5.74, 6) is -0.249. The first-order chi connectivity index (χ1) is 14.2. The summed E-state index contributed by atoms with van der Waals surface area (Å²) in [5.41, 5.74) is 1.87. The summed E-state index contributed by atoms with van der Waals surface area (Å²) in [7, 11) is 0. The smallest absolute Gasteiger partial charge is 0.338 e. The van der Waals surface area contributed by atoms with Gasteiger partial charge in [-0.15, -0.1) is 23.5 Å². The molecule has 0 aliphatic rings. The third-order valence-corrected chi connectivity index (χ3v) is 7.00. The van der Waals surface area contributed by atoms with Crippen LogP contribution >= 0.6 is 23.5 Å². The number of thioether (sulfide) groups is 2. The summed E-state index contributed by atoms with van der Waals surface area (Å²) in [5, 5.41) is 0. The molecule has 0 saturated heterocycles. The summed E-state index contributed by atoms with van der Waals surface area (Å²) in [6.07, 6.45) is 2.91. The summed E-state index contributed by atoms with van der Waals surface area (Å²) in [6.45, 7) is 2.55. The minimum atomic E-state index is -0.249. The van der Waals surface area contributed by atoms with Crippen LogP contribution in [0, 0.1) is 0 Å². The summed E-state index contributed by atoms with van der Waals surface area (Å²) in [6, 6.07) is 28.5. The number of esters is 1. The minimum absolute atomic E-state index is 0.249. The largest absolute Gasteiger partial charge is 0.462 e. The third kappa shape index (κ3) is 7.30. The van der Waals surface area contributed by atoms with E-state index in [0.29, 0.717) is 12.2 Å². The van der Waals surface area contributed by atoms with Crippen molar-refractivity contribution < 1.29 is 9.53 Å². The molecule has 0 heterocycles. The fraction of sp³-hybridized carbons (Fsp3) is 0.240. The van der Waals surface area contributed by atoms with Crippen LogP contribution in [0.25, 0.3) is 0 Å². The Balaban J connectivity index is 1.56. The predicted octanol–water partition coefficient (Wildman–Crippen LogP) is 7.10. The van der Waals surface area contributed by atoms with Gasteiger partial charge < -0.3 is 4.74 Å². The van der Waals surface area contributed by atoms with E-state index in [1.54, 1.807) is 0 Å². The summed E-state index contributed by atoms with van der Waals surface area (Å²) >= 11 is 3.62. The molecular weight excluding hydrogens is 396 g/mol. The molecule has 3 aromatic rings. The molecule has 0 aromatic heterocycles. The molecule has 0 aliphatic heterocycles. The van der Waals surface area contributed by atoms with Gasteiger partial charge in [0.25, 0.3) is 0 Å². The highest BCUT2D eigenvalue weighted by Crippen LogP contribution is 2.37. The lowest BCUT2D eigenvalue weighted by Crippen LogP contribution is -2.10. The van der Waals surface area contributed by atoms with Gasteiger partial charge in [0.05, 0.1) is 16.8 Å². The van der Waals surface area contributed by atoms with E-state index < -0.39 is 0 Å². The molecule has 0 unspecified atom stereocenters. The van der Waals surface area contributed by atoms with Crippen LogP contribution in [0.2, 0.25) is 0 Å². The molecular formula is C25H26O2S2. The first kappa shape index (κ1) is 21.5. The van der Waals surface area contributed by atoms with Crippen molar-refractivity contribution >= 4 is 29.5 Å². The van der Waals surface area contributed by atoms with Gasteiger partial charge in [-0.25, -0.2) is 4.79 Å². The Kier molecular flexibility index (Phi) is 8.72. The lowest BCUT2D eigenvalue weighted by Gasteiger charge is -2.16. The number of rotatable bonds is 10. The van der Waals surface area contributed by atoms with Crippen molar-refractivity contribution in [3.05, 3.63) is 96.1 Å². The Morgan fingerprint density at radius 1 is 0.828 bits per heavy atom. The first-order valence-corrected chi connectivity index (χ1v) is 11.7. The molecule has 0 radical (unpaired) electrons. The average molecular weight is 423 g/mol. The number of hydrogen-bond acceptors (Lipinski definition) is 4. The van der Waals surface area contributed by atoms with Crippen LogP contribution in [0.1, 0.15) is 35.7 Å². The highest BCUT2D eigenvalue weighted by atomic mass is 32.2. The summed E-state index contributed by atoms with van der Waals surface area (Å²) in [4.78, 5) is 14.8. The van der Waals surface area contributed by atoms with Gasteiger partial charge in [0.2, 0.25) is 0 Å². The second kappa shape index (κ2) is 11.7. The van der Waals surface area contributed by atoms with Crippen molar-refractivity contribution in [1.82, 2.24) is 0 Å². The van der Waals surface area contributed by atoms with Gasteiger partial charge in [0.15, 0.2) is 0 Å². The van der Waals surface area contributed by atoms with Crippen LogP contribution in [-0.4, -0.2) is 17.2 Å². The van der Waals surface area contributed by atoms with E-state index in [1.165, 1.54) is 15.4 Å². The van der Waals surface area contributed by atoms with Crippen molar-refractivity contribution in [3.8, 4) is 0 Å². The number of ether oxygens (including phenoxy) is 1. The van der Waals surface area contributed by atoms with Crippen LogP contribution in [0.3, 0.4) is 0 Å².